The van der Waals surface area contributed by atoms with E-state index >= 15 is 0 Å². The van der Waals surface area contributed by atoms with Crippen molar-refractivity contribution in [3.63, 3.8) is 0 Å². The zero-order chi connectivity index (χ0) is 24.0. The average molecular weight is 468 g/mol. The molecule has 4 aromatic rings. The Kier molecular flexibility index (Phi) is 6.91. The molecule has 1 aliphatic heterocycles. The Balaban J connectivity index is 1.38. The van der Waals surface area contributed by atoms with Gasteiger partial charge in [0.2, 0.25) is 5.89 Å². The van der Waals surface area contributed by atoms with Gasteiger partial charge in [-0.25, -0.2) is 4.98 Å². The van der Waals surface area contributed by atoms with Gasteiger partial charge in [-0.3, -0.25) is 9.69 Å². The number of hydrogen-bond donors (Lipinski definition) is 1. The van der Waals surface area contributed by atoms with Crippen molar-refractivity contribution in [1.29, 1.82) is 0 Å². The molecule has 35 heavy (non-hydrogen) atoms. The predicted molar refractivity (Wildman–Crippen MR) is 136 cm³/mol. The third-order valence-corrected chi connectivity index (χ3v) is 6.50. The van der Waals surface area contributed by atoms with Gasteiger partial charge in [-0.05, 0) is 44.1 Å². The molecule has 6 heteroatoms. The van der Waals surface area contributed by atoms with Gasteiger partial charge in [-0.1, -0.05) is 60.7 Å². The molecule has 0 radical (unpaired) electrons. The number of ether oxygens (including phenoxy) is 1. The van der Waals surface area contributed by atoms with Crippen LogP contribution in [0, 0.1) is 0 Å². The summed E-state index contributed by atoms with van der Waals surface area (Å²) < 4.78 is 11.7. The number of nitrogens with one attached hydrogen (secondary N) is 1. The van der Waals surface area contributed by atoms with Crippen LogP contribution in [0.15, 0.2) is 89.5 Å². The van der Waals surface area contributed by atoms with Crippen LogP contribution in [-0.4, -0.2) is 42.5 Å². The fraction of sp³-hybridized carbons (Fsp3) is 0.241. The van der Waals surface area contributed by atoms with E-state index in [1.807, 2.05) is 72.8 Å². The van der Waals surface area contributed by atoms with Gasteiger partial charge in [0.15, 0.2) is 5.76 Å². The monoisotopic (exact) mass is 467 g/mol. The SMILES string of the molecule is COc1ccccc1[C@H](CNC(=O)c1ccccc1-c1ncc(-c2ccccc2)o1)N1CCCC1. The lowest BCUT2D eigenvalue weighted by atomic mass is 10.0. The van der Waals surface area contributed by atoms with Crippen LogP contribution in [0.1, 0.15) is 34.8 Å². The third-order valence-electron chi connectivity index (χ3n) is 6.50. The summed E-state index contributed by atoms with van der Waals surface area (Å²) in [5, 5.41) is 3.17. The van der Waals surface area contributed by atoms with Crippen LogP contribution < -0.4 is 10.1 Å². The minimum Gasteiger partial charge on any atom is -0.496 e. The summed E-state index contributed by atoms with van der Waals surface area (Å²) >= 11 is 0. The Morgan fingerprint density at radius 1 is 1.00 bits per heavy atom. The Morgan fingerprint density at radius 2 is 1.71 bits per heavy atom. The largest absolute Gasteiger partial charge is 0.496 e. The Bertz CT molecular complexity index is 1280. The van der Waals surface area contributed by atoms with Gasteiger partial charge in [-0.15, -0.1) is 0 Å². The van der Waals surface area contributed by atoms with Crippen LogP contribution in [0.3, 0.4) is 0 Å². The van der Waals surface area contributed by atoms with E-state index in [0.29, 0.717) is 29.3 Å². The van der Waals surface area contributed by atoms with Gasteiger partial charge in [0, 0.05) is 23.2 Å². The van der Waals surface area contributed by atoms with E-state index in [-0.39, 0.29) is 11.9 Å². The maximum Gasteiger partial charge on any atom is 0.252 e. The van der Waals surface area contributed by atoms with Crippen molar-refractivity contribution in [2.75, 3.05) is 26.7 Å². The quantitative estimate of drug-likeness (QED) is 0.366. The molecule has 1 aromatic heterocycles. The van der Waals surface area contributed by atoms with Gasteiger partial charge in [0.25, 0.3) is 5.91 Å². The molecule has 0 saturated carbocycles. The van der Waals surface area contributed by atoms with E-state index in [1.165, 1.54) is 0 Å². The van der Waals surface area contributed by atoms with Crippen molar-refractivity contribution in [3.8, 4) is 28.5 Å². The van der Waals surface area contributed by atoms with E-state index in [2.05, 4.69) is 21.3 Å². The second kappa shape index (κ2) is 10.6. The molecule has 3 aromatic carbocycles. The molecule has 0 bridgehead atoms. The number of carbonyl (C=O) groups is 1. The fourth-order valence-corrected chi connectivity index (χ4v) is 4.72. The Hall–Kier alpha value is -3.90. The van der Waals surface area contributed by atoms with Crippen LogP contribution in [0.25, 0.3) is 22.8 Å². The van der Waals surface area contributed by atoms with Crippen LogP contribution >= 0.6 is 0 Å². The van der Waals surface area contributed by atoms with Crippen molar-refractivity contribution < 1.29 is 13.9 Å². The molecule has 5 rings (SSSR count). The van der Waals surface area contributed by atoms with Gasteiger partial charge >= 0.3 is 0 Å². The highest BCUT2D eigenvalue weighted by atomic mass is 16.5. The molecule has 1 saturated heterocycles. The molecule has 6 nitrogen and oxygen atoms in total. The molecule has 0 unspecified atom stereocenters. The third kappa shape index (κ3) is 4.98. The highest BCUT2D eigenvalue weighted by Crippen LogP contribution is 2.32. The number of likely N-dealkylation sites (tertiary alicyclic amines) is 1. The summed E-state index contributed by atoms with van der Waals surface area (Å²) in [6.07, 6.45) is 4.02. The van der Waals surface area contributed by atoms with E-state index in [9.17, 15) is 4.79 Å². The fourth-order valence-electron chi connectivity index (χ4n) is 4.72. The smallest absolute Gasteiger partial charge is 0.252 e. The number of aromatic nitrogens is 1. The predicted octanol–water partition coefficient (Wildman–Crippen LogP) is 5.58. The first-order valence-corrected chi connectivity index (χ1v) is 12.0. The van der Waals surface area contributed by atoms with Gasteiger partial charge in [-0.2, -0.15) is 0 Å². The van der Waals surface area contributed by atoms with Crippen molar-refractivity contribution in [2.45, 2.75) is 18.9 Å². The maximum atomic E-state index is 13.4. The number of oxazole rings is 1. The summed E-state index contributed by atoms with van der Waals surface area (Å²) in [6.45, 7) is 2.50. The Labute approximate surface area is 205 Å². The zero-order valence-electron chi connectivity index (χ0n) is 19.8. The molecular weight excluding hydrogens is 438 g/mol. The maximum absolute atomic E-state index is 13.4. The second-order valence-corrected chi connectivity index (χ2v) is 8.65. The van der Waals surface area contributed by atoms with Gasteiger partial charge in [0.1, 0.15) is 5.75 Å². The average Bonchev–Trinajstić information content (AvgIpc) is 3.63. The number of benzene rings is 3. The van der Waals surface area contributed by atoms with Gasteiger partial charge < -0.3 is 14.5 Å². The highest BCUT2D eigenvalue weighted by molar-refractivity contribution is 6.00. The lowest BCUT2D eigenvalue weighted by Crippen LogP contribution is -2.37. The Morgan fingerprint density at radius 3 is 2.51 bits per heavy atom. The van der Waals surface area contributed by atoms with Crippen LogP contribution in [0.2, 0.25) is 0 Å². The molecule has 0 spiro atoms. The number of carbonyl (C=O) groups excluding carboxylic acids is 1. The molecule has 178 valence electrons. The van der Waals surface area contributed by atoms with Gasteiger partial charge in [0.05, 0.1) is 24.9 Å². The summed E-state index contributed by atoms with van der Waals surface area (Å²) in [5.41, 5.74) is 3.24. The first-order chi connectivity index (χ1) is 17.2. The zero-order valence-corrected chi connectivity index (χ0v) is 19.8. The van der Waals surface area contributed by atoms with Crippen LogP contribution in [-0.2, 0) is 0 Å². The first-order valence-electron chi connectivity index (χ1n) is 12.0. The number of methoxy groups -OCH3 is 1. The normalized spacial score (nSPS) is 14.5. The summed E-state index contributed by atoms with van der Waals surface area (Å²) in [7, 11) is 1.69. The van der Waals surface area contributed by atoms with Crippen LogP contribution in [0.4, 0.5) is 0 Å². The molecule has 2 heterocycles. The number of hydrogen-bond acceptors (Lipinski definition) is 5. The van der Waals surface area contributed by atoms with E-state index in [0.717, 1.165) is 42.8 Å². The van der Waals surface area contributed by atoms with E-state index in [1.54, 1.807) is 13.3 Å². The molecule has 1 amide bonds. The van der Waals surface area contributed by atoms with E-state index < -0.39 is 0 Å². The summed E-state index contributed by atoms with van der Waals surface area (Å²) in [5.74, 6) is 1.78. The lowest BCUT2D eigenvalue weighted by Gasteiger charge is -2.29. The molecule has 1 aliphatic rings. The molecule has 1 fully saturated rings. The highest BCUT2D eigenvalue weighted by Gasteiger charge is 2.27. The topological polar surface area (TPSA) is 67.6 Å². The van der Waals surface area contributed by atoms with Crippen molar-refractivity contribution >= 4 is 5.91 Å². The number of rotatable bonds is 8. The minimum atomic E-state index is -0.154. The molecule has 1 atom stereocenters. The van der Waals surface area contributed by atoms with Crippen molar-refractivity contribution in [3.05, 3.63) is 96.2 Å². The van der Waals surface area contributed by atoms with Crippen molar-refractivity contribution in [1.82, 2.24) is 15.2 Å². The summed E-state index contributed by atoms with van der Waals surface area (Å²) in [4.78, 5) is 20.3. The van der Waals surface area contributed by atoms with Crippen LogP contribution in [0.5, 0.6) is 5.75 Å². The minimum absolute atomic E-state index is 0.0381. The number of amides is 1. The summed E-state index contributed by atoms with van der Waals surface area (Å²) in [6, 6.07) is 25.3. The standard InChI is InChI=1S/C29H29N3O3/c1-34-26-16-8-7-15-24(26)25(32-17-9-10-18-32)19-30-28(33)22-13-5-6-14-23(22)29-31-20-27(35-29)21-11-3-2-4-12-21/h2-8,11-16,20,25H,9-10,17-19H2,1H3,(H,30,33)/t25-/m0/s1. The number of para-hydroxylation sites is 1. The van der Waals surface area contributed by atoms with E-state index in [4.69, 9.17) is 9.15 Å². The second-order valence-electron chi connectivity index (χ2n) is 8.65. The molecule has 1 N–H and O–H groups in total. The van der Waals surface area contributed by atoms with Crippen molar-refractivity contribution in [2.24, 2.45) is 0 Å². The first kappa shape index (κ1) is 22.9. The molecule has 0 aliphatic carbocycles. The molecular formula is C29H29N3O3. The number of nitrogens with zero attached hydrogens (tertiary/aromatic N) is 2. The lowest BCUT2D eigenvalue weighted by molar-refractivity contribution is 0.0937.